The standard InChI is InChI=1S/C14H12BrClFN/c1-9-4-3-7-18-13(9)8-10(15)14-11(16)5-2-6-12(14)17/h2-7,10H,8H2,1H3. The lowest BCUT2D eigenvalue weighted by Crippen LogP contribution is -2.02. The summed E-state index contributed by atoms with van der Waals surface area (Å²) >= 11 is 9.53. The molecule has 18 heavy (non-hydrogen) atoms. The second kappa shape index (κ2) is 5.81. The average molecular weight is 329 g/mol. The molecule has 0 amide bonds. The van der Waals surface area contributed by atoms with E-state index in [0.717, 1.165) is 11.3 Å². The molecule has 2 aromatic rings. The number of nitrogens with zero attached hydrogens (tertiary/aromatic N) is 1. The van der Waals surface area contributed by atoms with Gasteiger partial charge >= 0.3 is 0 Å². The van der Waals surface area contributed by atoms with Crippen molar-refractivity contribution in [2.75, 3.05) is 0 Å². The van der Waals surface area contributed by atoms with E-state index in [-0.39, 0.29) is 10.6 Å². The number of benzene rings is 1. The maximum absolute atomic E-state index is 13.8. The minimum atomic E-state index is -0.294. The highest BCUT2D eigenvalue weighted by atomic mass is 79.9. The third kappa shape index (κ3) is 2.90. The van der Waals surface area contributed by atoms with Gasteiger partial charge in [-0.05, 0) is 30.7 Å². The number of alkyl halides is 1. The van der Waals surface area contributed by atoms with Crippen LogP contribution in [0.2, 0.25) is 5.02 Å². The number of rotatable bonds is 3. The molecule has 1 nitrogen and oxygen atoms in total. The Morgan fingerprint density at radius 1 is 1.33 bits per heavy atom. The van der Waals surface area contributed by atoms with Crippen molar-refractivity contribution in [3.05, 3.63) is 64.2 Å². The summed E-state index contributed by atoms with van der Waals surface area (Å²) in [5, 5.41) is 0.436. The van der Waals surface area contributed by atoms with Gasteiger partial charge in [0.15, 0.2) is 0 Å². The van der Waals surface area contributed by atoms with Crippen LogP contribution in [0.1, 0.15) is 21.6 Å². The maximum Gasteiger partial charge on any atom is 0.129 e. The van der Waals surface area contributed by atoms with E-state index in [1.165, 1.54) is 6.07 Å². The molecular formula is C14H12BrClFN. The average Bonchev–Trinajstić information content (AvgIpc) is 2.32. The minimum absolute atomic E-state index is 0.181. The smallest absolute Gasteiger partial charge is 0.129 e. The van der Waals surface area contributed by atoms with Gasteiger partial charge in [-0.15, -0.1) is 0 Å². The van der Waals surface area contributed by atoms with Crippen molar-refractivity contribution >= 4 is 27.5 Å². The first-order valence-corrected chi connectivity index (χ1v) is 6.87. The zero-order valence-electron chi connectivity index (χ0n) is 9.83. The van der Waals surface area contributed by atoms with Crippen LogP contribution in [0, 0.1) is 12.7 Å². The van der Waals surface area contributed by atoms with Crippen LogP contribution in [0.5, 0.6) is 0 Å². The molecule has 0 aliphatic heterocycles. The fraction of sp³-hybridized carbons (Fsp3) is 0.214. The third-order valence-corrected chi connectivity index (χ3v) is 3.91. The van der Waals surface area contributed by atoms with Gasteiger partial charge in [-0.25, -0.2) is 4.39 Å². The van der Waals surface area contributed by atoms with Crippen LogP contribution in [-0.4, -0.2) is 4.98 Å². The van der Waals surface area contributed by atoms with Crippen molar-refractivity contribution in [3.8, 4) is 0 Å². The molecule has 0 saturated carbocycles. The Hall–Kier alpha value is -0.930. The van der Waals surface area contributed by atoms with Gasteiger partial charge in [0.25, 0.3) is 0 Å². The van der Waals surface area contributed by atoms with Gasteiger partial charge in [-0.2, -0.15) is 0 Å². The van der Waals surface area contributed by atoms with Crippen LogP contribution in [0.4, 0.5) is 4.39 Å². The molecule has 0 aliphatic rings. The van der Waals surface area contributed by atoms with Gasteiger partial charge in [-0.1, -0.05) is 39.7 Å². The van der Waals surface area contributed by atoms with E-state index in [0.29, 0.717) is 17.0 Å². The first-order valence-electron chi connectivity index (χ1n) is 5.58. The molecular weight excluding hydrogens is 317 g/mol. The molecule has 1 unspecified atom stereocenters. The van der Waals surface area contributed by atoms with Crippen LogP contribution < -0.4 is 0 Å². The Labute approximate surface area is 119 Å². The molecule has 94 valence electrons. The predicted octanol–water partition coefficient (Wildman–Crippen LogP) is 4.86. The number of aryl methyl sites for hydroxylation is 1. The van der Waals surface area contributed by atoms with Gasteiger partial charge in [0.1, 0.15) is 5.82 Å². The molecule has 0 N–H and O–H groups in total. The van der Waals surface area contributed by atoms with Crippen molar-refractivity contribution in [1.82, 2.24) is 4.98 Å². The van der Waals surface area contributed by atoms with E-state index in [4.69, 9.17) is 11.6 Å². The van der Waals surface area contributed by atoms with Crippen molar-refractivity contribution in [2.24, 2.45) is 0 Å². The zero-order valence-corrected chi connectivity index (χ0v) is 12.2. The summed E-state index contributed by atoms with van der Waals surface area (Å²) in [5.74, 6) is -0.294. The van der Waals surface area contributed by atoms with E-state index < -0.39 is 0 Å². The number of halogens is 3. The molecule has 1 heterocycles. The van der Waals surface area contributed by atoms with Crippen molar-refractivity contribution in [2.45, 2.75) is 18.2 Å². The fourth-order valence-corrected chi connectivity index (χ4v) is 3.01. The number of hydrogen-bond acceptors (Lipinski definition) is 1. The first-order chi connectivity index (χ1) is 8.59. The van der Waals surface area contributed by atoms with E-state index in [2.05, 4.69) is 20.9 Å². The summed E-state index contributed by atoms with van der Waals surface area (Å²) < 4.78 is 13.8. The Balaban J connectivity index is 2.28. The van der Waals surface area contributed by atoms with E-state index in [1.54, 1.807) is 18.3 Å². The van der Waals surface area contributed by atoms with Crippen molar-refractivity contribution in [1.29, 1.82) is 0 Å². The summed E-state index contributed by atoms with van der Waals surface area (Å²) in [5.41, 5.74) is 2.53. The topological polar surface area (TPSA) is 12.9 Å². The van der Waals surface area contributed by atoms with Gasteiger partial charge < -0.3 is 0 Å². The molecule has 0 fully saturated rings. The molecule has 0 bridgehead atoms. The molecule has 1 aromatic heterocycles. The first kappa shape index (κ1) is 13.5. The normalized spacial score (nSPS) is 12.4. The lowest BCUT2D eigenvalue weighted by Gasteiger charge is -2.13. The Morgan fingerprint density at radius 3 is 2.78 bits per heavy atom. The number of pyridine rings is 1. The summed E-state index contributed by atoms with van der Waals surface area (Å²) in [6.45, 7) is 1.99. The highest BCUT2D eigenvalue weighted by Crippen LogP contribution is 2.34. The maximum atomic E-state index is 13.8. The lowest BCUT2D eigenvalue weighted by atomic mass is 10.0. The van der Waals surface area contributed by atoms with Gasteiger partial charge in [0.05, 0.1) is 0 Å². The summed E-state index contributed by atoms with van der Waals surface area (Å²) in [7, 11) is 0. The molecule has 2 rings (SSSR count). The predicted molar refractivity (Wildman–Crippen MR) is 75.8 cm³/mol. The van der Waals surface area contributed by atoms with Crippen LogP contribution in [0.25, 0.3) is 0 Å². The highest BCUT2D eigenvalue weighted by molar-refractivity contribution is 9.09. The number of hydrogen-bond donors (Lipinski definition) is 0. The Kier molecular flexibility index (Phi) is 4.36. The van der Waals surface area contributed by atoms with E-state index in [1.807, 2.05) is 19.1 Å². The highest BCUT2D eigenvalue weighted by Gasteiger charge is 2.17. The molecule has 0 saturated heterocycles. The molecule has 0 aliphatic carbocycles. The van der Waals surface area contributed by atoms with Gasteiger partial charge in [-0.3, -0.25) is 4.98 Å². The quantitative estimate of drug-likeness (QED) is 0.733. The monoisotopic (exact) mass is 327 g/mol. The molecule has 4 heteroatoms. The summed E-state index contributed by atoms with van der Waals surface area (Å²) in [6.07, 6.45) is 2.35. The minimum Gasteiger partial charge on any atom is -0.261 e. The molecule has 1 aromatic carbocycles. The second-order valence-electron chi connectivity index (χ2n) is 4.07. The van der Waals surface area contributed by atoms with Crippen LogP contribution in [-0.2, 0) is 6.42 Å². The Bertz CT molecular complexity index is 539. The number of aromatic nitrogens is 1. The van der Waals surface area contributed by atoms with Gasteiger partial charge in [0.2, 0.25) is 0 Å². The van der Waals surface area contributed by atoms with E-state index in [9.17, 15) is 4.39 Å². The summed E-state index contributed by atoms with van der Waals surface area (Å²) in [6, 6.07) is 8.59. The summed E-state index contributed by atoms with van der Waals surface area (Å²) in [4.78, 5) is 4.13. The van der Waals surface area contributed by atoms with Crippen molar-refractivity contribution in [3.63, 3.8) is 0 Å². The zero-order chi connectivity index (χ0) is 13.1. The second-order valence-corrected chi connectivity index (χ2v) is 5.59. The lowest BCUT2D eigenvalue weighted by molar-refractivity contribution is 0.607. The van der Waals surface area contributed by atoms with Crippen molar-refractivity contribution < 1.29 is 4.39 Å². The van der Waals surface area contributed by atoms with Crippen LogP contribution in [0.3, 0.4) is 0 Å². The molecule has 0 radical (unpaired) electrons. The molecule has 0 spiro atoms. The van der Waals surface area contributed by atoms with Crippen LogP contribution >= 0.6 is 27.5 Å². The fourth-order valence-electron chi connectivity index (χ4n) is 1.81. The van der Waals surface area contributed by atoms with Gasteiger partial charge in [0, 0.05) is 33.7 Å². The van der Waals surface area contributed by atoms with Crippen LogP contribution in [0.15, 0.2) is 36.5 Å². The third-order valence-electron chi connectivity index (χ3n) is 2.80. The largest absolute Gasteiger partial charge is 0.261 e. The SMILES string of the molecule is Cc1cccnc1CC(Br)c1c(F)cccc1Cl. The molecule has 1 atom stereocenters. The Morgan fingerprint density at radius 2 is 2.11 bits per heavy atom. The van der Waals surface area contributed by atoms with E-state index >= 15 is 0 Å².